The average Bonchev–Trinajstić information content (AvgIpc) is 2.70. The van der Waals surface area contributed by atoms with E-state index in [0.717, 1.165) is 0 Å². The molecule has 1 heterocycles. The number of hydrogen-bond acceptors (Lipinski definition) is 5. The van der Waals surface area contributed by atoms with E-state index in [2.05, 4.69) is 5.10 Å². The highest BCUT2D eigenvalue weighted by molar-refractivity contribution is 5.98. The molecule has 120 valence electrons. The number of aryl methyl sites for hydroxylation is 2. The topological polar surface area (TPSA) is 82.6 Å². The number of carbonyl (C=O) groups is 1. The standard InChI is InChI=1S/C14H26N4O3/c1-5-20-9-7-18(8-10-21-6-2)14(19)13-12(15)11(3)16-17(13)4/h5-10,15H2,1-4H3. The van der Waals surface area contributed by atoms with Gasteiger partial charge in [-0.05, 0) is 20.8 Å². The van der Waals surface area contributed by atoms with Crippen molar-refractivity contribution in [3.8, 4) is 0 Å². The van der Waals surface area contributed by atoms with Gasteiger partial charge in [0, 0.05) is 33.4 Å². The van der Waals surface area contributed by atoms with Gasteiger partial charge < -0.3 is 20.1 Å². The van der Waals surface area contributed by atoms with Gasteiger partial charge in [0.05, 0.1) is 24.6 Å². The summed E-state index contributed by atoms with van der Waals surface area (Å²) < 4.78 is 12.2. The van der Waals surface area contributed by atoms with Gasteiger partial charge in [-0.1, -0.05) is 0 Å². The highest BCUT2D eigenvalue weighted by atomic mass is 16.5. The highest BCUT2D eigenvalue weighted by Crippen LogP contribution is 2.17. The zero-order chi connectivity index (χ0) is 15.8. The van der Waals surface area contributed by atoms with Gasteiger partial charge in [0.15, 0.2) is 0 Å². The third kappa shape index (κ3) is 4.71. The van der Waals surface area contributed by atoms with Crippen molar-refractivity contribution < 1.29 is 14.3 Å². The molecule has 0 aliphatic rings. The SMILES string of the molecule is CCOCCN(CCOCC)C(=O)c1c(N)c(C)nn1C. The summed E-state index contributed by atoms with van der Waals surface area (Å²) in [5, 5.41) is 4.19. The van der Waals surface area contributed by atoms with Crippen LogP contribution in [0.4, 0.5) is 5.69 Å². The quantitative estimate of drug-likeness (QED) is 0.683. The van der Waals surface area contributed by atoms with E-state index in [1.165, 1.54) is 4.68 Å². The van der Waals surface area contributed by atoms with Crippen LogP contribution in [-0.4, -0.2) is 60.1 Å². The number of aromatic nitrogens is 2. The lowest BCUT2D eigenvalue weighted by molar-refractivity contribution is 0.0542. The molecule has 1 aromatic rings. The molecule has 0 aliphatic carbocycles. The maximum atomic E-state index is 12.7. The van der Waals surface area contributed by atoms with Crippen LogP contribution in [0.5, 0.6) is 0 Å². The van der Waals surface area contributed by atoms with Crippen LogP contribution in [0.1, 0.15) is 30.0 Å². The predicted octanol–water partition coefficient (Wildman–Crippen LogP) is 0.826. The van der Waals surface area contributed by atoms with Gasteiger partial charge in [-0.25, -0.2) is 0 Å². The summed E-state index contributed by atoms with van der Waals surface area (Å²) in [7, 11) is 1.72. The first-order valence-corrected chi connectivity index (χ1v) is 7.26. The Kier molecular flexibility index (Phi) is 7.18. The third-order valence-electron chi connectivity index (χ3n) is 3.18. The van der Waals surface area contributed by atoms with Crippen LogP contribution in [0.25, 0.3) is 0 Å². The van der Waals surface area contributed by atoms with E-state index in [9.17, 15) is 4.79 Å². The average molecular weight is 298 g/mol. The first-order chi connectivity index (χ1) is 10.0. The number of nitrogens with two attached hydrogens (primary N) is 1. The van der Waals surface area contributed by atoms with Crippen molar-refractivity contribution in [3.63, 3.8) is 0 Å². The van der Waals surface area contributed by atoms with E-state index in [1.54, 1.807) is 18.9 Å². The molecule has 0 aliphatic heterocycles. The van der Waals surface area contributed by atoms with Gasteiger partial charge in [0.2, 0.25) is 0 Å². The van der Waals surface area contributed by atoms with Gasteiger partial charge in [-0.15, -0.1) is 0 Å². The first-order valence-electron chi connectivity index (χ1n) is 7.26. The van der Waals surface area contributed by atoms with Crippen LogP contribution in [0.2, 0.25) is 0 Å². The summed E-state index contributed by atoms with van der Waals surface area (Å²) in [6.07, 6.45) is 0. The smallest absolute Gasteiger partial charge is 0.274 e. The molecular weight excluding hydrogens is 272 g/mol. The molecule has 0 atom stereocenters. The van der Waals surface area contributed by atoms with Gasteiger partial charge in [0.25, 0.3) is 5.91 Å². The van der Waals surface area contributed by atoms with E-state index < -0.39 is 0 Å². The monoisotopic (exact) mass is 298 g/mol. The Morgan fingerprint density at radius 1 is 1.24 bits per heavy atom. The Morgan fingerprint density at radius 2 is 1.76 bits per heavy atom. The lowest BCUT2D eigenvalue weighted by atomic mass is 10.2. The van der Waals surface area contributed by atoms with Crippen LogP contribution in [-0.2, 0) is 16.5 Å². The molecular formula is C14H26N4O3. The minimum Gasteiger partial charge on any atom is -0.395 e. The van der Waals surface area contributed by atoms with Crippen molar-refractivity contribution in [2.75, 3.05) is 45.3 Å². The molecule has 0 bridgehead atoms. The second-order valence-corrected chi connectivity index (χ2v) is 4.66. The summed E-state index contributed by atoms with van der Waals surface area (Å²) in [5.74, 6) is -0.144. The zero-order valence-electron chi connectivity index (χ0n) is 13.4. The summed E-state index contributed by atoms with van der Waals surface area (Å²) in [4.78, 5) is 14.4. The molecule has 7 nitrogen and oxygen atoms in total. The number of hydrogen-bond donors (Lipinski definition) is 1. The van der Waals surface area contributed by atoms with Crippen LogP contribution in [0.15, 0.2) is 0 Å². The maximum Gasteiger partial charge on any atom is 0.274 e. The van der Waals surface area contributed by atoms with Crippen molar-refractivity contribution >= 4 is 11.6 Å². The van der Waals surface area contributed by atoms with Gasteiger partial charge in [-0.3, -0.25) is 9.48 Å². The predicted molar refractivity (Wildman–Crippen MR) is 81.2 cm³/mol. The molecule has 1 rings (SSSR count). The van der Waals surface area contributed by atoms with Crippen LogP contribution in [0, 0.1) is 6.92 Å². The first kappa shape index (κ1) is 17.5. The maximum absolute atomic E-state index is 12.7. The molecule has 0 saturated carbocycles. The lowest BCUT2D eigenvalue weighted by Gasteiger charge is -2.22. The summed E-state index contributed by atoms with van der Waals surface area (Å²) >= 11 is 0. The van der Waals surface area contributed by atoms with Crippen LogP contribution in [0.3, 0.4) is 0 Å². The zero-order valence-corrected chi connectivity index (χ0v) is 13.4. The van der Waals surface area contributed by atoms with E-state index in [0.29, 0.717) is 56.6 Å². The second kappa shape index (κ2) is 8.63. The number of carbonyl (C=O) groups excluding carboxylic acids is 1. The minimum atomic E-state index is -0.144. The Labute approximate surface area is 126 Å². The Bertz CT molecular complexity index is 449. The largest absolute Gasteiger partial charge is 0.395 e. The molecule has 0 aromatic carbocycles. The number of ether oxygens (including phenoxy) is 2. The molecule has 0 radical (unpaired) electrons. The molecule has 0 unspecified atom stereocenters. The molecule has 0 saturated heterocycles. The molecule has 1 aromatic heterocycles. The molecule has 7 heteroatoms. The second-order valence-electron chi connectivity index (χ2n) is 4.66. The normalized spacial score (nSPS) is 10.9. The minimum absolute atomic E-state index is 0.144. The molecule has 2 N–H and O–H groups in total. The van der Waals surface area contributed by atoms with E-state index in [-0.39, 0.29) is 5.91 Å². The van der Waals surface area contributed by atoms with Crippen molar-refractivity contribution in [1.29, 1.82) is 0 Å². The van der Waals surface area contributed by atoms with E-state index in [4.69, 9.17) is 15.2 Å². The molecule has 0 spiro atoms. The number of nitrogens with zero attached hydrogens (tertiary/aromatic N) is 3. The van der Waals surface area contributed by atoms with E-state index >= 15 is 0 Å². The van der Waals surface area contributed by atoms with Crippen molar-refractivity contribution in [2.45, 2.75) is 20.8 Å². The summed E-state index contributed by atoms with van der Waals surface area (Å²) in [6, 6.07) is 0. The van der Waals surface area contributed by atoms with Crippen molar-refractivity contribution in [2.24, 2.45) is 7.05 Å². The van der Waals surface area contributed by atoms with Crippen molar-refractivity contribution in [1.82, 2.24) is 14.7 Å². The van der Waals surface area contributed by atoms with Gasteiger partial charge in [-0.2, -0.15) is 5.10 Å². The van der Waals surface area contributed by atoms with E-state index in [1.807, 2.05) is 13.8 Å². The Balaban J connectivity index is 2.81. The molecule has 21 heavy (non-hydrogen) atoms. The summed E-state index contributed by atoms with van der Waals surface area (Å²) in [6.45, 7) is 8.88. The van der Waals surface area contributed by atoms with Gasteiger partial charge >= 0.3 is 0 Å². The molecule has 1 amide bonds. The van der Waals surface area contributed by atoms with Crippen molar-refractivity contribution in [3.05, 3.63) is 11.4 Å². The number of rotatable bonds is 9. The number of nitrogen functional groups attached to an aromatic ring is 1. The fraction of sp³-hybridized carbons (Fsp3) is 0.714. The van der Waals surface area contributed by atoms with Crippen LogP contribution < -0.4 is 5.73 Å². The third-order valence-corrected chi connectivity index (χ3v) is 3.18. The highest BCUT2D eigenvalue weighted by Gasteiger charge is 2.23. The molecule has 0 fully saturated rings. The van der Waals surface area contributed by atoms with Crippen LogP contribution >= 0.6 is 0 Å². The fourth-order valence-electron chi connectivity index (χ4n) is 2.03. The Hall–Kier alpha value is -1.60. The fourth-order valence-corrected chi connectivity index (χ4v) is 2.03. The number of amides is 1. The summed E-state index contributed by atoms with van der Waals surface area (Å²) in [5.41, 5.74) is 7.47. The Morgan fingerprint density at radius 3 is 2.14 bits per heavy atom. The van der Waals surface area contributed by atoms with Gasteiger partial charge in [0.1, 0.15) is 5.69 Å². The number of anilines is 1. The lowest BCUT2D eigenvalue weighted by Crippen LogP contribution is -2.38.